The monoisotopic (exact) mass is 396 g/mol. The van der Waals surface area contributed by atoms with Crippen LogP contribution in [0.3, 0.4) is 0 Å². The zero-order chi connectivity index (χ0) is 19.9. The molecule has 6 nitrogen and oxygen atoms in total. The van der Waals surface area contributed by atoms with Crippen LogP contribution in [0.4, 0.5) is 5.69 Å². The van der Waals surface area contributed by atoms with Crippen molar-refractivity contribution in [2.24, 2.45) is 5.14 Å². The number of aryl methyl sites for hydroxylation is 3. The molecule has 0 fully saturated rings. The maximum Gasteiger partial charge on any atom is 0.238 e. The van der Waals surface area contributed by atoms with E-state index in [-0.39, 0.29) is 4.90 Å². The van der Waals surface area contributed by atoms with Gasteiger partial charge in [-0.2, -0.15) is 5.10 Å². The Balaban J connectivity index is 1.60. The summed E-state index contributed by atoms with van der Waals surface area (Å²) < 4.78 is 25.4. The summed E-state index contributed by atoms with van der Waals surface area (Å²) in [5.74, 6) is 0. The fourth-order valence-electron chi connectivity index (χ4n) is 3.82. The molecule has 146 valence electrons. The van der Waals surface area contributed by atoms with E-state index < -0.39 is 10.0 Å². The van der Waals surface area contributed by atoms with E-state index in [9.17, 15) is 8.42 Å². The molecule has 0 amide bonds. The Kier molecular flexibility index (Phi) is 4.72. The maximum atomic E-state index is 11.7. The van der Waals surface area contributed by atoms with Crippen LogP contribution in [0, 0.1) is 13.8 Å². The average molecular weight is 397 g/mol. The summed E-state index contributed by atoms with van der Waals surface area (Å²) in [4.78, 5) is 2.39. The highest BCUT2D eigenvalue weighted by molar-refractivity contribution is 7.89. The standard InChI is InChI=1S/C21H24N4O2S/c1-15-12-16(2)25(23-15)19-8-5-17(6-9-19)14-24-11-3-4-18-7-10-20(13-21(18)24)28(22,26)27/h5-10,12-13H,3-4,11,14H2,1-2H3,(H2,22,26,27). The SMILES string of the molecule is Cc1cc(C)n(-c2ccc(CN3CCCc4ccc(S(N)(=O)=O)cc43)cc2)n1. The predicted molar refractivity (Wildman–Crippen MR) is 110 cm³/mol. The molecule has 0 saturated heterocycles. The molecule has 2 N–H and O–H groups in total. The van der Waals surface area contributed by atoms with Gasteiger partial charge in [-0.05, 0) is 68.1 Å². The molecule has 1 aromatic heterocycles. The van der Waals surface area contributed by atoms with E-state index in [2.05, 4.69) is 40.3 Å². The summed E-state index contributed by atoms with van der Waals surface area (Å²) in [7, 11) is -3.71. The van der Waals surface area contributed by atoms with E-state index in [1.807, 2.05) is 24.6 Å². The van der Waals surface area contributed by atoms with Crippen molar-refractivity contribution in [1.82, 2.24) is 9.78 Å². The molecule has 0 aliphatic carbocycles. The molecule has 28 heavy (non-hydrogen) atoms. The van der Waals surface area contributed by atoms with Crippen LogP contribution in [0.1, 0.15) is 28.9 Å². The molecule has 0 spiro atoms. The Bertz CT molecular complexity index is 1120. The number of nitrogens with zero attached hydrogens (tertiary/aromatic N) is 3. The number of primary sulfonamides is 1. The number of fused-ring (bicyclic) bond motifs is 1. The van der Waals surface area contributed by atoms with Crippen LogP contribution in [-0.2, 0) is 23.0 Å². The van der Waals surface area contributed by atoms with Crippen molar-refractivity contribution in [2.45, 2.75) is 38.1 Å². The Morgan fingerprint density at radius 1 is 1.07 bits per heavy atom. The van der Waals surface area contributed by atoms with Crippen LogP contribution in [0.15, 0.2) is 53.4 Å². The second kappa shape index (κ2) is 7.07. The molecule has 2 aromatic carbocycles. The van der Waals surface area contributed by atoms with Crippen LogP contribution in [-0.4, -0.2) is 24.7 Å². The zero-order valence-electron chi connectivity index (χ0n) is 16.1. The van der Waals surface area contributed by atoms with E-state index in [1.54, 1.807) is 12.1 Å². The van der Waals surface area contributed by atoms with Gasteiger partial charge in [-0.1, -0.05) is 18.2 Å². The number of benzene rings is 2. The molecule has 1 aliphatic heterocycles. The minimum atomic E-state index is -3.71. The van der Waals surface area contributed by atoms with Gasteiger partial charge in [0.05, 0.1) is 16.3 Å². The lowest BCUT2D eigenvalue weighted by Gasteiger charge is -2.31. The normalized spacial score (nSPS) is 14.2. The van der Waals surface area contributed by atoms with Crippen molar-refractivity contribution in [3.63, 3.8) is 0 Å². The van der Waals surface area contributed by atoms with Crippen LogP contribution >= 0.6 is 0 Å². The fraction of sp³-hybridized carbons (Fsp3) is 0.286. The Morgan fingerprint density at radius 2 is 1.82 bits per heavy atom. The first kappa shape index (κ1) is 18.7. The van der Waals surface area contributed by atoms with Crippen molar-refractivity contribution < 1.29 is 8.42 Å². The van der Waals surface area contributed by atoms with Crippen LogP contribution in [0.25, 0.3) is 5.69 Å². The molecule has 3 aromatic rings. The van der Waals surface area contributed by atoms with Gasteiger partial charge in [-0.15, -0.1) is 0 Å². The highest BCUT2D eigenvalue weighted by Gasteiger charge is 2.20. The smallest absolute Gasteiger partial charge is 0.238 e. The molecule has 0 radical (unpaired) electrons. The summed E-state index contributed by atoms with van der Waals surface area (Å²) >= 11 is 0. The van der Waals surface area contributed by atoms with Crippen LogP contribution in [0.5, 0.6) is 0 Å². The summed E-state index contributed by atoms with van der Waals surface area (Å²) in [5, 5.41) is 9.84. The molecule has 1 aliphatic rings. The number of anilines is 1. The quantitative estimate of drug-likeness (QED) is 0.735. The minimum Gasteiger partial charge on any atom is -0.367 e. The summed E-state index contributed by atoms with van der Waals surface area (Å²) in [5.41, 5.74) is 6.42. The summed E-state index contributed by atoms with van der Waals surface area (Å²) in [6.45, 7) is 5.64. The van der Waals surface area contributed by atoms with Gasteiger partial charge < -0.3 is 4.90 Å². The lowest BCUT2D eigenvalue weighted by atomic mass is 10.0. The lowest BCUT2D eigenvalue weighted by Crippen LogP contribution is -2.29. The first-order chi connectivity index (χ1) is 13.3. The third kappa shape index (κ3) is 3.68. The van der Waals surface area contributed by atoms with Crippen LogP contribution in [0.2, 0.25) is 0 Å². The molecular formula is C21H24N4O2S. The summed E-state index contributed by atoms with van der Waals surface area (Å²) in [6.07, 6.45) is 2.00. The minimum absolute atomic E-state index is 0.165. The molecule has 0 atom stereocenters. The van der Waals surface area contributed by atoms with Gasteiger partial charge >= 0.3 is 0 Å². The van der Waals surface area contributed by atoms with Crippen molar-refractivity contribution in [3.05, 3.63) is 71.0 Å². The van der Waals surface area contributed by atoms with E-state index >= 15 is 0 Å². The maximum absolute atomic E-state index is 11.7. The van der Waals surface area contributed by atoms with E-state index in [1.165, 1.54) is 5.56 Å². The largest absolute Gasteiger partial charge is 0.367 e. The predicted octanol–water partition coefficient (Wildman–Crippen LogP) is 3.09. The van der Waals surface area contributed by atoms with Gasteiger partial charge in [-0.3, -0.25) is 0 Å². The summed E-state index contributed by atoms with van der Waals surface area (Å²) in [6, 6.07) is 15.6. The van der Waals surface area contributed by atoms with Gasteiger partial charge in [0.1, 0.15) is 0 Å². The van der Waals surface area contributed by atoms with Crippen molar-refractivity contribution in [2.75, 3.05) is 11.4 Å². The highest BCUT2D eigenvalue weighted by Crippen LogP contribution is 2.30. The Morgan fingerprint density at radius 3 is 2.46 bits per heavy atom. The number of rotatable bonds is 4. The number of nitrogens with two attached hydrogens (primary N) is 1. The average Bonchev–Trinajstić information content (AvgIpc) is 3.00. The highest BCUT2D eigenvalue weighted by atomic mass is 32.2. The van der Waals surface area contributed by atoms with E-state index in [0.717, 1.165) is 54.3 Å². The number of hydrogen-bond donors (Lipinski definition) is 1. The van der Waals surface area contributed by atoms with Crippen molar-refractivity contribution in [1.29, 1.82) is 0 Å². The molecule has 4 rings (SSSR count). The van der Waals surface area contributed by atoms with Gasteiger partial charge in [0.2, 0.25) is 10.0 Å². The van der Waals surface area contributed by atoms with Gasteiger partial charge in [0, 0.05) is 24.5 Å². The molecule has 0 bridgehead atoms. The number of sulfonamides is 1. The molecule has 0 unspecified atom stereocenters. The zero-order valence-corrected chi connectivity index (χ0v) is 16.9. The van der Waals surface area contributed by atoms with E-state index in [4.69, 9.17) is 5.14 Å². The lowest BCUT2D eigenvalue weighted by molar-refractivity contribution is 0.597. The van der Waals surface area contributed by atoms with Gasteiger partial charge in [-0.25, -0.2) is 18.2 Å². The molecule has 7 heteroatoms. The second-order valence-electron chi connectivity index (χ2n) is 7.37. The van der Waals surface area contributed by atoms with Gasteiger partial charge in [0.15, 0.2) is 0 Å². The van der Waals surface area contributed by atoms with Crippen molar-refractivity contribution in [3.8, 4) is 5.69 Å². The Labute approximate surface area is 165 Å². The first-order valence-electron chi connectivity index (χ1n) is 9.34. The molecular weight excluding hydrogens is 372 g/mol. The topological polar surface area (TPSA) is 81.2 Å². The molecule has 0 saturated carbocycles. The second-order valence-corrected chi connectivity index (χ2v) is 8.93. The number of hydrogen-bond acceptors (Lipinski definition) is 4. The van der Waals surface area contributed by atoms with E-state index in [0.29, 0.717) is 0 Å². The van der Waals surface area contributed by atoms with Crippen molar-refractivity contribution >= 4 is 15.7 Å². The third-order valence-electron chi connectivity index (χ3n) is 5.16. The molecule has 2 heterocycles. The number of aromatic nitrogens is 2. The van der Waals surface area contributed by atoms with Crippen LogP contribution < -0.4 is 10.0 Å². The Hall–Kier alpha value is -2.64. The van der Waals surface area contributed by atoms with Gasteiger partial charge in [0.25, 0.3) is 0 Å². The third-order valence-corrected chi connectivity index (χ3v) is 6.08. The fourth-order valence-corrected chi connectivity index (χ4v) is 4.36. The first-order valence-corrected chi connectivity index (χ1v) is 10.9.